The van der Waals surface area contributed by atoms with Gasteiger partial charge in [-0.2, -0.15) is 0 Å². The zero-order valence-corrected chi connectivity index (χ0v) is 13.7. The van der Waals surface area contributed by atoms with E-state index in [2.05, 4.69) is 10.5 Å². The van der Waals surface area contributed by atoms with E-state index in [-0.39, 0.29) is 23.3 Å². The number of nitrogens with zero attached hydrogens (tertiary/aromatic N) is 2. The predicted molar refractivity (Wildman–Crippen MR) is 85.7 cm³/mol. The lowest BCUT2D eigenvalue weighted by Gasteiger charge is -2.32. The third-order valence-electron chi connectivity index (χ3n) is 4.11. The number of rotatable bonds is 3. The number of nitrogens with one attached hydrogen (secondary N) is 1. The van der Waals surface area contributed by atoms with E-state index in [1.807, 2.05) is 0 Å². The predicted octanol–water partition coefficient (Wildman–Crippen LogP) is 1.86. The second kappa shape index (κ2) is 6.92. The maximum absolute atomic E-state index is 13.4. The normalized spacial score (nSPS) is 17.4. The van der Waals surface area contributed by atoms with Crippen molar-refractivity contribution in [2.75, 3.05) is 13.1 Å². The van der Waals surface area contributed by atoms with Crippen LogP contribution in [0.5, 0.6) is 5.75 Å². The number of benzene rings is 1. The molecule has 1 aliphatic heterocycles. The van der Waals surface area contributed by atoms with Gasteiger partial charge in [-0.1, -0.05) is 11.2 Å². The number of carbonyl (C=O) groups excluding carboxylic acids is 2. The lowest BCUT2D eigenvalue weighted by atomic mass is 10.0. The Hall–Kier alpha value is -2.90. The van der Waals surface area contributed by atoms with Gasteiger partial charge in [-0.05, 0) is 31.9 Å². The summed E-state index contributed by atoms with van der Waals surface area (Å²) in [5.41, 5.74) is 0.487. The quantitative estimate of drug-likeness (QED) is 0.884. The number of carbonyl (C=O) groups is 2. The first-order chi connectivity index (χ1) is 12.0. The molecule has 1 aliphatic rings. The fraction of sp³-hybridized carbons (Fsp3) is 0.353. The first kappa shape index (κ1) is 16.9. The minimum Gasteiger partial charge on any atom is -0.504 e. The molecule has 0 aliphatic carbocycles. The van der Waals surface area contributed by atoms with Crippen LogP contribution in [0.2, 0.25) is 0 Å². The molecular formula is C17H18FN3O4. The van der Waals surface area contributed by atoms with Crippen LogP contribution >= 0.6 is 0 Å². The molecule has 25 heavy (non-hydrogen) atoms. The van der Waals surface area contributed by atoms with Gasteiger partial charge in [-0.15, -0.1) is 0 Å². The van der Waals surface area contributed by atoms with Crippen LogP contribution in [0.3, 0.4) is 0 Å². The van der Waals surface area contributed by atoms with Crippen LogP contribution in [-0.2, 0) is 0 Å². The van der Waals surface area contributed by atoms with Crippen LogP contribution in [0, 0.1) is 12.7 Å². The van der Waals surface area contributed by atoms with E-state index in [0.29, 0.717) is 31.6 Å². The number of piperidine rings is 1. The Morgan fingerprint density at radius 2 is 2.24 bits per heavy atom. The standard InChI is InChI=1S/C17H18FN3O4/c1-10-8-14(25-20-10)17(24)21-7-3-4-11(9-21)19-16(23)12-5-2-6-13(18)15(12)22/h2,5-6,8,11,22H,3-4,7,9H2,1H3,(H,19,23)/t11-/m1/s1. The molecule has 0 saturated carbocycles. The molecular weight excluding hydrogens is 329 g/mol. The smallest absolute Gasteiger partial charge is 0.292 e. The van der Waals surface area contributed by atoms with Crippen molar-refractivity contribution in [2.45, 2.75) is 25.8 Å². The minimum atomic E-state index is -0.853. The zero-order chi connectivity index (χ0) is 18.0. The zero-order valence-electron chi connectivity index (χ0n) is 13.7. The summed E-state index contributed by atoms with van der Waals surface area (Å²) in [6.07, 6.45) is 1.39. The molecule has 1 aromatic carbocycles. The highest BCUT2D eigenvalue weighted by atomic mass is 19.1. The van der Waals surface area contributed by atoms with Gasteiger partial charge in [-0.3, -0.25) is 9.59 Å². The SMILES string of the molecule is Cc1cc(C(=O)N2CCC[C@@H](NC(=O)c3cccc(F)c3O)C2)on1. The van der Waals surface area contributed by atoms with E-state index in [1.165, 1.54) is 12.1 Å². The maximum atomic E-state index is 13.4. The molecule has 1 aromatic heterocycles. The molecule has 1 fully saturated rings. The molecule has 0 bridgehead atoms. The van der Waals surface area contributed by atoms with Crippen molar-refractivity contribution in [1.82, 2.24) is 15.4 Å². The van der Waals surface area contributed by atoms with Crippen molar-refractivity contribution in [1.29, 1.82) is 0 Å². The molecule has 2 aromatic rings. The van der Waals surface area contributed by atoms with Crippen LogP contribution in [0.25, 0.3) is 0 Å². The molecule has 1 atom stereocenters. The van der Waals surface area contributed by atoms with Gasteiger partial charge in [0.2, 0.25) is 5.76 Å². The summed E-state index contributed by atoms with van der Waals surface area (Å²) in [5, 5.41) is 16.1. The number of aromatic hydroxyl groups is 1. The van der Waals surface area contributed by atoms with Crippen molar-refractivity contribution >= 4 is 11.8 Å². The highest BCUT2D eigenvalue weighted by Crippen LogP contribution is 2.21. The van der Waals surface area contributed by atoms with Gasteiger partial charge in [0.05, 0.1) is 11.3 Å². The van der Waals surface area contributed by atoms with Crippen LogP contribution in [0.1, 0.15) is 39.4 Å². The van der Waals surface area contributed by atoms with Gasteiger partial charge in [0, 0.05) is 25.2 Å². The summed E-state index contributed by atoms with van der Waals surface area (Å²) in [4.78, 5) is 26.3. The van der Waals surface area contributed by atoms with Crippen molar-refractivity contribution in [3.63, 3.8) is 0 Å². The number of hydrogen-bond donors (Lipinski definition) is 2. The number of likely N-dealkylation sites (tertiary alicyclic amines) is 1. The molecule has 0 spiro atoms. The molecule has 2 heterocycles. The van der Waals surface area contributed by atoms with Crippen molar-refractivity contribution in [3.8, 4) is 5.75 Å². The summed E-state index contributed by atoms with van der Waals surface area (Å²) < 4.78 is 18.4. The Balaban J connectivity index is 1.66. The van der Waals surface area contributed by atoms with E-state index in [9.17, 15) is 19.1 Å². The Kier molecular flexibility index (Phi) is 4.69. The van der Waals surface area contributed by atoms with Gasteiger partial charge in [0.25, 0.3) is 11.8 Å². The Labute approximate surface area is 143 Å². The summed E-state index contributed by atoms with van der Waals surface area (Å²) in [6, 6.07) is 5.04. The first-order valence-corrected chi connectivity index (χ1v) is 7.96. The summed E-state index contributed by atoms with van der Waals surface area (Å²) in [5.74, 6) is -2.23. The Morgan fingerprint density at radius 1 is 1.44 bits per heavy atom. The van der Waals surface area contributed by atoms with Crippen molar-refractivity contribution in [2.24, 2.45) is 0 Å². The third-order valence-corrected chi connectivity index (χ3v) is 4.11. The van der Waals surface area contributed by atoms with Gasteiger partial charge in [0.1, 0.15) is 0 Å². The molecule has 2 amide bonds. The lowest BCUT2D eigenvalue weighted by molar-refractivity contribution is 0.0637. The van der Waals surface area contributed by atoms with Crippen LogP contribution in [0.4, 0.5) is 4.39 Å². The second-order valence-corrected chi connectivity index (χ2v) is 6.03. The van der Waals surface area contributed by atoms with Gasteiger partial charge < -0.3 is 19.8 Å². The van der Waals surface area contributed by atoms with E-state index >= 15 is 0 Å². The number of phenols is 1. The van der Waals surface area contributed by atoms with Gasteiger partial charge >= 0.3 is 0 Å². The highest BCUT2D eigenvalue weighted by molar-refractivity contribution is 5.97. The Morgan fingerprint density at radius 3 is 2.96 bits per heavy atom. The highest BCUT2D eigenvalue weighted by Gasteiger charge is 2.28. The summed E-state index contributed by atoms with van der Waals surface area (Å²) in [7, 11) is 0. The van der Waals surface area contributed by atoms with E-state index in [0.717, 1.165) is 6.07 Å². The fourth-order valence-electron chi connectivity index (χ4n) is 2.86. The number of aromatic nitrogens is 1. The molecule has 8 heteroatoms. The average molecular weight is 347 g/mol. The fourth-order valence-corrected chi connectivity index (χ4v) is 2.86. The number of phenolic OH excluding ortho intramolecular Hbond substituents is 1. The first-order valence-electron chi connectivity index (χ1n) is 7.96. The van der Waals surface area contributed by atoms with Crippen LogP contribution < -0.4 is 5.32 Å². The lowest BCUT2D eigenvalue weighted by Crippen LogP contribution is -2.49. The molecule has 3 rings (SSSR count). The molecule has 0 unspecified atom stereocenters. The van der Waals surface area contributed by atoms with Crippen molar-refractivity contribution < 1.29 is 23.6 Å². The minimum absolute atomic E-state index is 0.130. The number of aryl methyl sites for hydroxylation is 1. The van der Waals surface area contributed by atoms with Crippen LogP contribution in [-0.4, -0.2) is 46.1 Å². The third kappa shape index (κ3) is 3.62. The van der Waals surface area contributed by atoms with E-state index in [1.54, 1.807) is 17.9 Å². The van der Waals surface area contributed by atoms with Gasteiger partial charge in [-0.25, -0.2) is 4.39 Å². The molecule has 1 saturated heterocycles. The maximum Gasteiger partial charge on any atom is 0.292 e. The van der Waals surface area contributed by atoms with Crippen molar-refractivity contribution in [3.05, 3.63) is 47.1 Å². The number of hydrogen-bond acceptors (Lipinski definition) is 5. The van der Waals surface area contributed by atoms with E-state index in [4.69, 9.17) is 4.52 Å². The monoisotopic (exact) mass is 347 g/mol. The number of para-hydroxylation sites is 1. The van der Waals surface area contributed by atoms with Gasteiger partial charge in [0.15, 0.2) is 11.6 Å². The number of amides is 2. The van der Waals surface area contributed by atoms with E-state index < -0.39 is 17.5 Å². The average Bonchev–Trinajstić information content (AvgIpc) is 3.03. The molecule has 132 valence electrons. The van der Waals surface area contributed by atoms with Crippen LogP contribution in [0.15, 0.2) is 28.8 Å². The summed E-state index contributed by atoms with van der Waals surface area (Å²) >= 11 is 0. The molecule has 7 nitrogen and oxygen atoms in total. The topological polar surface area (TPSA) is 95.7 Å². The second-order valence-electron chi connectivity index (χ2n) is 6.03. The Bertz CT molecular complexity index is 805. The summed E-state index contributed by atoms with van der Waals surface area (Å²) in [6.45, 7) is 2.58. The number of halogens is 1. The molecule has 0 radical (unpaired) electrons. The largest absolute Gasteiger partial charge is 0.504 e. The molecule has 2 N–H and O–H groups in total.